The van der Waals surface area contributed by atoms with Gasteiger partial charge in [-0.15, -0.1) is 37.1 Å². The molecule has 0 radical (unpaired) electrons. The van der Waals surface area contributed by atoms with Gasteiger partial charge in [-0.1, -0.05) is 66.9 Å². The Bertz CT molecular complexity index is 932. The van der Waals surface area contributed by atoms with E-state index in [1.807, 2.05) is 68.4 Å². The maximum absolute atomic E-state index is 9.09. The number of halogens is 3. The summed E-state index contributed by atoms with van der Waals surface area (Å²) in [6.45, 7) is 37.0. The van der Waals surface area contributed by atoms with Crippen LogP contribution in [-0.2, 0) is 9.23 Å². The summed E-state index contributed by atoms with van der Waals surface area (Å²) in [5.74, 6) is 20.2. The third kappa shape index (κ3) is 90.3. The Labute approximate surface area is 276 Å². The van der Waals surface area contributed by atoms with E-state index in [-0.39, 0.29) is 21.7 Å². The van der Waals surface area contributed by atoms with E-state index in [2.05, 4.69) is 110 Å². The lowest BCUT2D eigenvalue weighted by Gasteiger charge is -2.07. The van der Waals surface area contributed by atoms with Gasteiger partial charge in [-0.05, 0) is 89.2 Å². The van der Waals surface area contributed by atoms with Crippen molar-refractivity contribution < 1.29 is 14.4 Å². The SMILES string of the molecule is C#CC(C)(C)C.C=C.C=CC(O)C#CC(C)(C)C.C=CC(O)C#CC(C)(C)C.CC(C)(C)C#C/C=C/CCl.O=S(Cl)Cl. The van der Waals surface area contributed by atoms with Crippen molar-refractivity contribution >= 4 is 42.2 Å². The quantitative estimate of drug-likeness (QED) is 0.137. The predicted molar refractivity (Wildman–Crippen MR) is 193 cm³/mol. The van der Waals surface area contributed by atoms with Crippen LogP contribution in [0.1, 0.15) is 83.1 Å². The number of terminal acetylenes is 1. The van der Waals surface area contributed by atoms with E-state index >= 15 is 0 Å². The molecule has 0 saturated carbocycles. The second kappa shape index (κ2) is 30.6. The lowest BCUT2D eigenvalue weighted by Crippen LogP contribution is -2.03. The molecule has 0 amide bonds. The van der Waals surface area contributed by atoms with Crippen molar-refractivity contribution in [2.24, 2.45) is 21.7 Å². The topological polar surface area (TPSA) is 57.5 Å². The van der Waals surface area contributed by atoms with Crippen LogP contribution in [0.3, 0.4) is 0 Å². The van der Waals surface area contributed by atoms with Gasteiger partial charge < -0.3 is 10.2 Å². The van der Waals surface area contributed by atoms with Gasteiger partial charge in [0.2, 0.25) is 9.23 Å². The van der Waals surface area contributed by atoms with Gasteiger partial charge in [0, 0.05) is 48.9 Å². The van der Waals surface area contributed by atoms with Crippen LogP contribution in [0.2, 0.25) is 0 Å². The Morgan fingerprint density at radius 1 is 0.738 bits per heavy atom. The summed E-state index contributed by atoms with van der Waals surface area (Å²) < 4.78 is 9.09. The Balaban J connectivity index is -0.0000000978. The monoisotopic (exact) mass is 660 g/mol. The van der Waals surface area contributed by atoms with Gasteiger partial charge in [0.25, 0.3) is 0 Å². The molecule has 0 heterocycles. The molecule has 3 nitrogen and oxygen atoms in total. The number of aliphatic hydroxyl groups is 2. The number of aliphatic hydroxyl groups excluding tert-OH is 2. The highest BCUT2D eigenvalue weighted by Crippen LogP contribution is 2.11. The summed E-state index contributed by atoms with van der Waals surface area (Å²) in [5.41, 5.74) is 0.0879. The van der Waals surface area contributed by atoms with Crippen molar-refractivity contribution in [3.05, 3.63) is 50.6 Å². The third-order valence-electron chi connectivity index (χ3n) is 2.81. The standard InChI is InChI=1S/C9H13Cl.2C9H14O.C6H10.C2H4.Cl2OS/c1-9(2,3)7-5-4-6-8-10;2*1-5-8(10)6-7-9(2,3)4;1-5-6(2,3)4;1-2;1-4(2)3/h4,6H,8H2,1-3H3;2*5,8,10H,1H2,2-4H3;1H,2-4H3;1-2H2;/b6-4+;;;;;. The van der Waals surface area contributed by atoms with Crippen molar-refractivity contribution in [3.8, 4) is 47.9 Å². The number of allylic oxidation sites excluding steroid dienone is 2. The van der Waals surface area contributed by atoms with Crippen LogP contribution in [0.4, 0.5) is 0 Å². The number of hydrogen-bond donors (Lipinski definition) is 2. The highest BCUT2D eigenvalue weighted by atomic mass is 36.0. The van der Waals surface area contributed by atoms with Crippen molar-refractivity contribution in [2.75, 3.05) is 5.88 Å². The largest absolute Gasteiger partial charge is 0.377 e. The van der Waals surface area contributed by atoms with Gasteiger partial charge in [-0.25, -0.2) is 4.21 Å². The zero-order chi connectivity index (χ0) is 35.2. The number of hydrogen-bond acceptors (Lipinski definition) is 3. The molecule has 0 aromatic heterocycles. The Morgan fingerprint density at radius 3 is 1.17 bits per heavy atom. The first-order valence-electron chi connectivity index (χ1n) is 12.9. The Kier molecular flexibility index (Phi) is 38.4. The van der Waals surface area contributed by atoms with Crippen LogP contribution in [-0.4, -0.2) is 32.5 Å². The first-order valence-corrected chi connectivity index (χ1v) is 16.2. The summed E-state index contributed by atoms with van der Waals surface area (Å²) >= 11 is 5.40. The van der Waals surface area contributed by atoms with E-state index in [0.717, 1.165) is 0 Å². The van der Waals surface area contributed by atoms with Crippen LogP contribution in [0.25, 0.3) is 0 Å². The molecule has 0 aromatic carbocycles. The first kappa shape index (κ1) is 52.8. The second-order valence-corrected chi connectivity index (χ2v) is 14.9. The molecular formula is C35H55Cl3O3S. The first-order chi connectivity index (χ1) is 18.8. The van der Waals surface area contributed by atoms with Crippen LogP contribution in [0.15, 0.2) is 50.6 Å². The fraction of sp³-hybridized carbons (Fsp3) is 0.543. The zero-order valence-electron chi connectivity index (χ0n) is 27.9. The average molecular weight is 662 g/mol. The minimum atomic E-state index is -1.67. The predicted octanol–water partition coefficient (Wildman–Crippen LogP) is 9.51. The van der Waals surface area contributed by atoms with Gasteiger partial charge >= 0.3 is 0 Å². The van der Waals surface area contributed by atoms with Gasteiger partial charge in [-0.3, -0.25) is 0 Å². The normalized spacial score (nSPS) is 11.4. The van der Waals surface area contributed by atoms with Gasteiger partial charge in [0.05, 0.1) is 0 Å². The molecule has 0 fully saturated rings. The Morgan fingerprint density at radius 2 is 1.00 bits per heavy atom. The number of rotatable bonds is 3. The fourth-order valence-electron chi connectivity index (χ4n) is 1.06. The molecule has 0 aromatic rings. The fourth-order valence-corrected chi connectivity index (χ4v) is 1.15. The molecule has 0 saturated heterocycles. The van der Waals surface area contributed by atoms with E-state index in [0.29, 0.717) is 5.88 Å². The molecule has 2 N–H and O–H groups in total. The maximum atomic E-state index is 9.09. The molecular weight excluding hydrogens is 607 g/mol. The zero-order valence-corrected chi connectivity index (χ0v) is 31.0. The molecule has 0 spiro atoms. The molecule has 240 valence electrons. The van der Waals surface area contributed by atoms with Gasteiger partial charge in [0.15, 0.2) is 0 Å². The van der Waals surface area contributed by atoms with Crippen LogP contribution < -0.4 is 0 Å². The molecule has 0 aliphatic heterocycles. The van der Waals surface area contributed by atoms with Crippen molar-refractivity contribution in [3.63, 3.8) is 0 Å². The maximum Gasteiger partial charge on any atom is 0.211 e. The van der Waals surface area contributed by atoms with E-state index in [4.69, 9.17) is 32.4 Å². The minimum absolute atomic E-state index is 0.0377. The molecule has 0 aliphatic carbocycles. The molecule has 42 heavy (non-hydrogen) atoms. The van der Waals surface area contributed by atoms with E-state index in [1.54, 1.807) is 6.08 Å². The van der Waals surface area contributed by atoms with Crippen LogP contribution in [0.5, 0.6) is 0 Å². The van der Waals surface area contributed by atoms with Gasteiger partial charge in [-0.2, -0.15) is 0 Å². The van der Waals surface area contributed by atoms with Crippen LogP contribution in [0, 0.1) is 69.5 Å². The molecule has 2 unspecified atom stereocenters. The second-order valence-electron chi connectivity index (χ2n) is 12.1. The minimum Gasteiger partial charge on any atom is -0.377 e. The highest BCUT2D eigenvalue weighted by molar-refractivity contribution is 8.26. The molecule has 2 atom stereocenters. The molecule has 0 bridgehead atoms. The summed E-state index contributed by atoms with van der Waals surface area (Å²) in [5, 5.41) is 17.9. The number of alkyl halides is 1. The highest BCUT2D eigenvalue weighted by Gasteiger charge is 2.04. The third-order valence-corrected chi connectivity index (χ3v) is 2.99. The van der Waals surface area contributed by atoms with Crippen molar-refractivity contribution in [1.82, 2.24) is 0 Å². The van der Waals surface area contributed by atoms with E-state index in [1.165, 1.54) is 12.2 Å². The van der Waals surface area contributed by atoms with Crippen molar-refractivity contribution in [2.45, 2.75) is 95.3 Å². The molecule has 0 rings (SSSR count). The van der Waals surface area contributed by atoms with E-state index < -0.39 is 21.4 Å². The van der Waals surface area contributed by atoms with Crippen LogP contribution >= 0.6 is 33.0 Å². The summed E-state index contributed by atoms with van der Waals surface area (Å²) in [7, 11) is 7.36. The average Bonchev–Trinajstić information content (AvgIpc) is 2.84. The molecule has 0 aliphatic rings. The Hall–Kier alpha value is -1.86. The van der Waals surface area contributed by atoms with Crippen molar-refractivity contribution in [1.29, 1.82) is 0 Å². The summed E-state index contributed by atoms with van der Waals surface area (Å²) in [4.78, 5) is 0. The van der Waals surface area contributed by atoms with E-state index in [9.17, 15) is 0 Å². The summed E-state index contributed by atoms with van der Waals surface area (Å²) in [6, 6.07) is 0. The summed E-state index contributed by atoms with van der Waals surface area (Å²) in [6.07, 6.45) is 10.1. The molecule has 7 heteroatoms. The lowest BCUT2D eigenvalue weighted by molar-refractivity contribution is 0.280. The lowest BCUT2D eigenvalue weighted by atomic mass is 9.98. The van der Waals surface area contributed by atoms with Gasteiger partial charge in [0.1, 0.15) is 12.2 Å². The smallest absolute Gasteiger partial charge is 0.211 e.